The number of fused-ring (bicyclic) bond motifs is 3. The highest BCUT2D eigenvalue weighted by Crippen LogP contribution is 2.38. The van der Waals surface area contributed by atoms with Crippen molar-refractivity contribution in [3.05, 3.63) is 22.4 Å². The highest BCUT2D eigenvalue weighted by atomic mass is 32.1. The van der Waals surface area contributed by atoms with Crippen molar-refractivity contribution in [3.63, 3.8) is 0 Å². The van der Waals surface area contributed by atoms with E-state index in [1.54, 1.807) is 11.3 Å². The van der Waals surface area contributed by atoms with Gasteiger partial charge in [-0.3, -0.25) is 10.1 Å². The summed E-state index contributed by atoms with van der Waals surface area (Å²) in [5.74, 6) is 1.00. The van der Waals surface area contributed by atoms with Gasteiger partial charge in [-0.2, -0.15) is 11.3 Å². The molecule has 5 heterocycles. The first kappa shape index (κ1) is 13.7. The van der Waals surface area contributed by atoms with Gasteiger partial charge in [-0.05, 0) is 60.7 Å². The highest BCUT2D eigenvalue weighted by molar-refractivity contribution is 7.07. The predicted molar refractivity (Wildman–Crippen MR) is 84.1 cm³/mol. The van der Waals surface area contributed by atoms with Gasteiger partial charge in [0.1, 0.15) is 6.17 Å². The molecule has 5 heteroatoms. The van der Waals surface area contributed by atoms with Crippen LogP contribution in [-0.4, -0.2) is 47.4 Å². The molecule has 0 aromatic carbocycles. The number of thiophene rings is 1. The Bertz CT molecular complexity index is 510. The summed E-state index contributed by atoms with van der Waals surface area (Å²) >= 11 is 1.71. The summed E-state index contributed by atoms with van der Waals surface area (Å²) in [4.78, 5) is 17.6. The van der Waals surface area contributed by atoms with Gasteiger partial charge >= 0.3 is 0 Å². The minimum Gasteiger partial charge on any atom is -0.317 e. The number of carbonyl (C=O) groups excluding carboxylic acids is 1. The summed E-state index contributed by atoms with van der Waals surface area (Å²) in [6.07, 6.45) is 3.46. The molecule has 4 nitrogen and oxygen atoms in total. The molecule has 0 saturated carbocycles. The first-order valence-corrected chi connectivity index (χ1v) is 9.05. The number of nitrogens with one attached hydrogen (secondary N) is 1. The molecule has 21 heavy (non-hydrogen) atoms. The van der Waals surface area contributed by atoms with Gasteiger partial charge in [-0.15, -0.1) is 0 Å². The number of piperidine rings is 3. The van der Waals surface area contributed by atoms with Crippen LogP contribution >= 0.6 is 11.3 Å². The summed E-state index contributed by atoms with van der Waals surface area (Å²) in [5.41, 5.74) is 1.25. The van der Waals surface area contributed by atoms with Crippen molar-refractivity contribution in [1.82, 2.24) is 15.1 Å². The summed E-state index contributed by atoms with van der Waals surface area (Å²) in [6, 6.07) is 2.54. The van der Waals surface area contributed by atoms with Crippen LogP contribution in [0.2, 0.25) is 0 Å². The first-order chi connectivity index (χ1) is 10.3. The lowest BCUT2D eigenvalue weighted by atomic mass is 9.82. The van der Waals surface area contributed by atoms with Crippen molar-refractivity contribution in [2.75, 3.05) is 19.6 Å². The molecule has 114 valence electrons. The maximum absolute atomic E-state index is 12.9. The minimum atomic E-state index is -0.00893. The van der Waals surface area contributed by atoms with E-state index in [0.29, 0.717) is 17.9 Å². The van der Waals surface area contributed by atoms with Gasteiger partial charge in [0, 0.05) is 12.6 Å². The molecule has 1 amide bonds. The van der Waals surface area contributed by atoms with Crippen molar-refractivity contribution >= 4 is 17.2 Å². The van der Waals surface area contributed by atoms with Gasteiger partial charge in [0.05, 0.1) is 6.04 Å². The van der Waals surface area contributed by atoms with Crippen LogP contribution in [0.4, 0.5) is 0 Å². The second kappa shape index (κ2) is 5.38. The molecule has 0 spiro atoms. The van der Waals surface area contributed by atoms with Gasteiger partial charge in [0.15, 0.2) is 0 Å². The topological polar surface area (TPSA) is 35.6 Å². The number of rotatable bonds is 3. The predicted octanol–water partition coefficient (Wildman–Crippen LogP) is 2.05. The van der Waals surface area contributed by atoms with Crippen LogP contribution < -0.4 is 5.32 Å². The van der Waals surface area contributed by atoms with Crippen LogP contribution in [0.15, 0.2) is 16.8 Å². The van der Waals surface area contributed by atoms with E-state index >= 15 is 0 Å². The van der Waals surface area contributed by atoms with E-state index in [1.165, 1.54) is 31.5 Å². The van der Waals surface area contributed by atoms with Gasteiger partial charge in [0.25, 0.3) is 0 Å². The number of carbonyl (C=O) groups is 1. The second-order valence-corrected chi connectivity index (χ2v) is 7.32. The minimum absolute atomic E-state index is 0.00893. The first-order valence-electron chi connectivity index (χ1n) is 8.10. The van der Waals surface area contributed by atoms with Gasteiger partial charge in [-0.25, -0.2) is 0 Å². The van der Waals surface area contributed by atoms with Crippen LogP contribution in [0.5, 0.6) is 0 Å². The Morgan fingerprint density at radius 3 is 2.76 bits per heavy atom. The van der Waals surface area contributed by atoms with Crippen molar-refractivity contribution in [2.24, 2.45) is 5.92 Å². The molecule has 0 radical (unpaired) electrons. The van der Waals surface area contributed by atoms with Gasteiger partial charge in [0.2, 0.25) is 5.91 Å². The SMILES string of the molecule is CCC1NC(c2ccsc2)N(C2CN3CCC2CC3)C1=O. The van der Waals surface area contributed by atoms with Gasteiger partial charge in [-0.1, -0.05) is 6.92 Å². The molecule has 1 aromatic heterocycles. The maximum atomic E-state index is 12.9. The quantitative estimate of drug-likeness (QED) is 0.928. The lowest BCUT2D eigenvalue weighted by Crippen LogP contribution is -2.58. The van der Waals surface area contributed by atoms with E-state index in [-0.39, 0.29) is 12.2 Å². The molecule has 3 atom stereocenters. The Labute approximate surface area is 130 Å². The smallest absolute Gasteiger partial charge is 0.241 e. The van der Waals surface area contributed by atoms with Crippen LogP contribution in [0, 0.1) is 5.92 Å². The Morgan fingerprint density at radius 2 is 2.19 bits per heavy atom. The molecular formula is C16H23N3OS. The summed E-state index contributed by atoms with van der Waals surface area (Å²) in [7, 11) is 0. The molecular weight excluding hydrogens is 282 g/mol. The van der Waals surface area contributed by atoms with Crippen LogP contribution in [0.3, 0.4) is 0 Å². The van der Waals surface area contributed by atoms with Crippen molar-refractivity contribution in [2.45, 2.75) is 44.4 Å². The largest absolute Gasteiger partial charge is 0.317 e. The lowest BCUT2D eigenvalue weighted by molar-refractivity contribution is -0.136. The van der Waals surface area contributed by atoms with Crippen molar-refractivity contribution in [1.29, 1.82) is 0 Å². The fourth-order valence-electron chi connectivity index (χ4n) is 4.23. The van der Waals surface area contributed by atoms with Gasteiger partial charge < -0.3 is 9.80 Å². The average Bonchev–Trinajstić information content (AvgIpc) is 3.15. The molecule has 4 aliphatic heterocycles. The monoisotopic (exact) mass is 305 g/mol. The zero-order valence-electron chi connectivity index (χ0n) is 12.5. The van der Waals surface area contributed by atoms with Crippen LogP contribution in [0.1, 0.15) is 37.9 Å². The number of amides is 1. The Morgan fingerprint density at radius 1 is 1.38 bits per heavy atom. The summed E-state index contributed by atoms with van der Waals surface area (Å²) in [6.45, 7) is 5.60. The third kappa shape index (κ3) is 2.22. The fraction of sp³-hybridized carbons (Fsp3) is 0.688. The molecule has 4 aliphatic rings. The molecule has 2 bridgehead atoms. The van der Waals surface area contributed by atoms with E-state index in [9.17, 15) is 4.79 Å². The maximum Gasteiger partial charge on any atom is 0.241 e. The fourth-order valence-corrected chi connectivity index (χ4v) is 4.91. The molecule has 1 aromatic rings. The van der Waals surface area contributed by atoms with E-state index in [4.69, 9.17) is 0 Å². The summed E-state index contributed by atoms with van der Waals surface area (Å²) < 4.78 is 0. The third-order valence-electron chi connectivity index (χ3n) is 5.44. The van der Waals surface area contributed by atoms with Crippen molar-refractivity contribution < 1.29 is 4.79 Å². The molecule has 4 fully saturated rings. The molecule has 5 rings (SSSR count). The standard InChI is InChI=1S/C16H23N3OS/c1-2-13-16(20)19(15(17-13)12-5-8-21-10-12)14-9-18-6-3-11(14)4-7-18/h5,8,10-11,13-15,17H,2-4,6-7,9H2,1H3. The summed E-state index contributed by atoms with van der Waals surface area (Å²) in [5, 5.41) is 7.85. The highest BCUT2D eigenvalue weighted by Gasteiger charge is 2.47. The Hall–Kier alpha value is -0.910. The van der Waals surface area contributed by atoms with Crippen LogP contribution in [0.25, 0.3) is 0 Å². The van der Waals surface area contributed by atoms with E-state index in [1.807, 2.05) is 0 Å². The third-order valence-corrected chi connectivity index (χ3v) is 6.14. The zero-order valence-corrected chi connectivity index (χ0v) is 13.3. The number of hydrogen-bond acceptors (Lipinski definition) is 4. The lowest BCUT2D eigenvalue weighted by Gasteiger charge is -2.49. The average molecular weight is 305 g/mol. The van der Waals surface area contributed by atoms with E-state index in [2.05, 4.69) is 38.9 Å². The molecule has 3 unspecified atom stereocenters. The van der Waals surface area contributed by atoms with Crippen molar-refractivity contribution in [3.8, 4) is 0 Å². The molecule has 1 N–H and O–H groups in total. The Kier molecular flexibility index (Phi) is 3.52. The Balaban J connectivity index is 1.65. The van der Waals surface area contributed by atoms with Crippen LogP contribution in [-0.2, 0) is 4.79 Å². The number of nitrogens with zero attached hydrogens (tertiary/aromatic N) is 2. The van der Waals surface area contributed by atoms with E-state index in [0.717, 1.165) is 13.0 Å². The molecule has 0 aliphatic carbocycles. The number of hydrogen-bond donors (Lipinski definition) is 1. The van der Waals surface area contributed by atoms with E-state index < -0.39 is 0 Å². The molecule has 4 saturated heterocycles. The normalized spacial score (nSPS) is 39.2. The zero-order chi connectivity index (χ0) is 14.4. The second-order valence-electron chi connectivity index (χ2n) is 6.54.